The van der Waals surface area contributed by atoms with Crippen molar-refractivity contribution < 1.29 is 14.6 Å². The molecule has 2 atom stereocenters. The lowest BCUT2D eigenvalue weighted by Gasteiger charge is -2.28. The van der Waals surface area contributed by atoms with Gasteiger partial charge in [0.15, 0.2) is 5.11 Å². The van der Waals surface area contributed by atoms with Crippen molar-refractivity contribution in [1.82, 2.24) is 14.9 Å². The molecule has 204 valence electrons. The molecule has 0 spiro atoms. The van der Waals surface area contributed by atoms with Crippen LogP contribution in [0.25, 0.3) is 5.69 Å². The van der Waals surface area contributed by atoms with Crippen molar-refractivity contribution in [2.75, 3.05) is 4.90 Å². The fraction of sp³-hybridized carbons (Fsp3) is 0.121. The van der Waals surface area contributed by atoms with E-state index in [9.17, 15) is 9.90 Å². The number of carboxylic acid groups (broad SMARTS) is 1. The van der Waals surface area contributed by atoms with Gasteiger partial charge in [-0.1, -0.05) is 24.3 Å². The van der Waals surface area contributed by atoms with Crippen LogP contribution >= 0.6 is 12.2 Å². The fourth-order valence-corrected chi connectivity index (χ4v) is 5.83. The summed E-state index contributed by atoms with van der Waals surface area (Å²) < 4.78 is 8.16. The van der Waals surface area contributed by atoms with Crippen LogP contribution in [-0.2, 0) is 0 Å². The third-order valence-electron chi connectivity index (χ3n) is 7.35. The summed E-state index contributed by atoms with van der Waals surface area (Å²) in [5.41, 5.74) is 6.14. The monoisotopic (exact) mass is 560 g/mol. The predicted octanol–water partition coefficient (Wildman–Crippen LogP) is 7.16. The lowest BCUT2D eigenvalue weighted by molar-refractivity contribution is 0.0697. The Morgan fingerprint density at radius 2 is 1.54 bits per heavy atom. The zero-order valence-corrected chi connectivity index (χ0v) is 23.4. The Bertz CT molecular complexity index is 1700. The SMILES string of the molecule is Cc1cc(C2C(c3ccccn3)NC(=S)N2c2ccc(Oc3ccccc3)cc2)c(C)n1-c1ccc(C(=O)O)cc1. The van der Waals surface area contributed by atoms with Gasteiger partial charge in [0.2, 0.25) is 0 Å². The van der Waals surface area contributed by atoms with Gasteiger partial charge < -0.3 is 24.6 Å². The molecule has 2 unspecified atom stereocenters. The summed E-state index contributed by atoms with van der Waals surface area (Å²) in [6.45, 7) is 4.14. The van der Waals surface area contributed by atoms with E-state index in [1.165, 1.54) is 0 Å². The maximum absolute atomic E-state index is 11.4. The highest BCUT2D eigenvalue weighted by Crippen LogP contribution is 2.44. The van der Waals surface area contributed by atoms with Crippen molar-refractivity contribution >= 4 is 29.0 Å². The van der Waals surface area contributed by atoms with Crippen LogP contribution < -0.4 is 15.0 Å². The standard InChI is InChI=1S/C33H28N4O3S/c1-21-20-28(22(2)36(21)24-13-11-23(12-14-24)32(38)39)31-30(29-10-6-7-19-34-29)35-33(41)37(31)25-15-17-27(18-16-25)40-26-8-4-3-5-9-26/h3-20,30-31H,1-2H3,(H,35,41)(H,38,39). The molecule has 1 fully saturated rings. The number of hydrogen-bond donors (Lipinski definition) is 2. The van der Waals surface area contributed by atoms with Crippen molar-refractivity contribution in [2.24, 2.45) is 0 Å². The number of nitrogens with zero attached hydrogens (tertiary/aromatic N) is 3. The number of thiocarbonyl (C=S) groups is 1. The third kappa shape index (κ3) is 5.05. The molecule has 0 aliphatic carbocycles. The molecule has 2 aromatic heterocycles. The van der Waals surface area contributed by atoms with E-state index in [0.717, 1.165) is 45.5 Å². The van der Waals surface area contributed by atoms with Crippen molar-refractivity contribution in [2.45, 2.75) is 25.9 Å². The molecule has 0 radical (unpaired) electrons. The fourth-order valence-electron chi connectivity index (χ4n) is 5.49. The van der Waals surface area contributed by atoms with Crippen molar-refractivity contribution in [3.63, 3.8) is 0 Å². The summed E-state index contributed by atoms with van der Waals surface area (Å²) in [5.74, 6) is 0.562. The molecule has 5 aromatic rings. The van der Waals surface area contributed by atoms with E-state index in [1.54, 1.807) is 18.3 Å². The minimum absolute atomic E-state index is 0.184. The number of aromatic nitrogens is 2. The molecule has 1 aliphatic rings. The molecule has 2 N–H and O–H groups in total. The minimum Gasteiger partial charge on any atom is -0.478 e. The Morgan fingerprint density at radius 1 is 0.878 bits per heavy atom. The molecule has 3 heterocycles. The van der Waals surface area contributed by atoms with Crippen LogP contribution in [0.5, 0.6) is 11.5 Å². The quantitative estimate of drug-likeness (QED) is 0.205. The van der Waals surface area contributed by atoms with E-state index in [1.807, 2.05) is 84.9 Å². The van der Waals surface area contributed by atoms with Gasteiger partial charge in [-0.05, 0) is 110 Å². The first kappa shape index (κ1) is 26.3. The van der Waals surface area contributed by atoms with Crippen LogP contribution in [0.15, 0.2) is 109 Å². The van der Waals surface area contributed by atoms with E-state index in [0.29, 0.717) is 5.11 Å². The molecule has 6 rings (SSSR count). The average molecular weight is 561 g/mol. The minimum atomic E-state index is -0.947. The van der Waals surface area contributed by atoms with Crippen molar-refractivity contribution in [3.8, 4) is 17.2 Å². The van der Waals surface area contributed by atoms with Gasteiger partial charge in [0.25, 0.3) is 0 Å². The number of aryl methyl sites for hydroxylation is 1. The second-order valence-corrected chi connectivity index (χ2v) is 10.3. The van der Waals surface area contributed by atoms with E-state index >= 15 is 0 Å². The molecule has 1 aliphatic heterocycles. The molecule has 0 saturated carbocycles. The Kier molecular flexibility index (Phi) is 6.99. The number of pyridine rings is 1. The Hall–Kier alpha value is -4.95. The van der Waals surface area contributed by atoms with Crippen LogP contribution in [0, 0.1) is 13.8 Å². The molecule has 41 heavy (non-hydrogen) atoms. The van der Waals surface area contributed by atoms with Gasteiger partial charge in [-0.2, -0.15) is 0 Å². The first-order chi connectivity index (χ1) is 19.9. The number of rotatable bonds is 7. The number of para-hydroxylation sites is 1. The van der Waals surface area contributed by atoms with E-state index in [-0.39, 0.29) is 17.6 Å². The van der Waals surface area contributed by atoms with Gasteiger partial charge in [-0.15, -0.1) is 0 Å². The van der Waals surface area contributed by atoms with Gasteiger partial charge >= 0.3 is 5.97 Å². The Balaban J connectivity index is 1.41. The second kappa shape index (κ2) is 10.9. The van der Waals surface area contributed by atoms with E-state index in [4.69, 9.17) is 17.0 Å². The van der Waals surface area contributed by atoms with Crippen LogP contribution in [-0.4, -0.2) is 25.7 Å². The Morgan fingerprint density at radius 3 is 2.20 bits per heavy atom. The van der Waals surface area contributed by atoms with Gasteiger partial charge in [0.05, 0.1) is 23.3 Å². The largest absolute Gasteiger partial charge is 0.478 e. The maximum Gasteiger partial charge on any atom is 0.335 e. The smallest absolute Gasteiger partial charge is 0.335 e. The summed E-state index contributed by atoms with van der Waals surface area (Å²) >= 11 is 5.92. The molecule has 1 saturated heterocycles. The third-order valence-corrected chi connectivity index (χ3v) is 7.67. The van der Waals surface area contributed by atoms with Gasteiger partial charge in [-0.25, -0.2) is 4.79 Å². The summed E-state index contributed by atoms with van der Waals surface area (Å²) in [6, 6.07) is 32.3. The number of ether oxygens (including phenoxy) is 1. The highest BCUT2D eigenvalue weighted by Gasteiger charge is 2.42. The maximum atomic E-state index is 11.4. The van der Waals surface area contributed by atoms with E-state index < -0.39 is 5.97 Å². The van der Waals surface area contributed by atoms with Crippen LogP contribution in [0.1, 0.15) is 45.1 Å². The van der Waals surface area contributed by atoms with Gasteiger partial charge in [-0.3, -0.25) is 4.98 Å². The highest BCUT2D eigenvalue weighted by atomic mass is 32.1. The van der Waals surface area contributed by atoms with Crippen molar-refractivity contribution in [3.05, 3.63) is 138 Å². The summed E-state index contributed by atoms with van der Waals surface area (Å²) in [7, 11) is 0. The molecule has 0 amide bonds. The number of aromatic carboxylic acids is 1. The Labute approximate surface area is 243 Å². The van der Waals surface area contributed by atoms with Gasteiger partial charge in [0.1, 0.15) is 11.5 Å². The summed E-state index contributed by atoms with van der Waals surface area (Å²) in [6.07, 6.45) is 1.79. The number of carboxylic acids is 1. The zero-order valence-electron chi connectivity index (χ0n) is 22.6. The second-order valence-electron chi connectivity index (χ2n) is 9.92. The highest BCUT2D eigenvalue weighted by molar-refractivity contribution is 7.80. The number of benzene rings is 3. The number of anilines is 1. The lowest BCUT2D eigenvalue weighted by atomic mass is 9.96. The zero-order chi connectivity index (χ0) is 28.5. The van der Waals surface area contributed by atoms with Crippen LogP contribution in [0.2, 0.25) is 0 Å². The molecular formula is C33H28N4O3S. The molecule has 8 heteroatoms. The molecule has 3 aromatic carbocycles. The average Bonchev–Trinajstić information content (AvgIpc) is 3.49. The molecular weight excluding hydrogens is 532 g/mol. The number of nitrogens with one attached hydrogen (secondary N) is 1. The van der Waals surface area contributed by atoms with E-state index in [2.05, 4.69) is 39.7 Å². The lowest BCUT2D eigenvalue weighted by Crippen LogP contribution is -2.29. The predicted molar refractivity (Wildman–Crippen MR) is 163 cm³/mol. The van der Waals surface area contributed by atoms with Gasteiger partial charge in [0, 0.05) is 29.0 Å². The first-order valence-corrected chi connectivity index (χ1v) is 13.7. The summed E-state index contributed by atoms with van der Waals surface area (Å²) in [5, 5.41) is 13.5. The topological polar surface area (TPSA) is 79.6 Å². The normalized spacial score (nSPS) is 16.4. The van der Waals surface area contributed by atoms with Crippen LogP contribution in [0.3, 0.4) is 0 Å². The number of carbonyl (C=O) groups is 1. The first-order valence-electron chi connectivity index (χ1n) is 13.3. The van der Waals surface area contributed by atoms with Crippen LogP contribution in [0.4, 0.5) is 5.69 Å². The number of hydrogen-bond acceptors (Lipinski definition) is 4. The van der Waals surface area contributed by atoms with Crippen molar-refractivity contribution in [1.29, 1.82) is 0 Å². The molecule has 7 nitrogen and oxygen atoms in total. The summed E-state index contributed by atoms with van der Waals surface area (Å²) in [4.78, 5) is 18.2. The molecule has 0 bridgehead atoms.